The summed E-state index contributed by atoms with van der Waals surface area (Å²) in [6.07, 6.45) is 0.831. The number of hydrogen-bond acceptors (Lipinski definition) is 2. The van der Waals surface area contributed by atoms with Gasteiger partial charge in [0.05, 0.1) is 5.41 Å². The van der Waals surface area contributed by atoms with Crippen LogP contribution in [0.5, 0.6) is 11.5 Å². The maximum atomic E-state index is 10.9. The van der Waals surface area contributed by atoms with Crippen LogP contribution < -0.4 is 4.74 Å². The van der Waals surface area contributed by atoms with Crippen LogP contribution in [0.1, 0.15) is 32.6 Å². The highest BCUT2D eigenvalue weighted by atomic mass is 79.9. The summed E-state index contributed by atoms with van der Waals surface area (Å²) in [5, 5.41) is 0. The van der Waals surface area contributed by atoms with Gasteiger partial charge in [0, 0.05) is 10.0 Å². The Bertz CT molecular complexity index is 1520. The zero-order chi connectivity index (χ0) is 23.8. The second kappa shape index (κ2) is 8.68. The van der Waals surface area contributed by atoms with E-state index in [4.69, 9.17) is 4.74 Å². The number of benzene rings is 5. The third-order valence-electron chi connectivity index (χ3n) is 6.75. The average Bonchev–Trinajstić information content (AvgIpc) is 3.20. The molecule has 1 aliphatic carbocycles. The summed E-state index contributed by atoms with van der Waals surface area (Å²) >= 11 is 3.72. The van der Waals surface area contributed by atoms with Crippen LogP contribution in [-0.2, 0) is 5.41 Å². The van der Waals surface area contributed by atoms with Gasteiger partial charge in [-0.05, 0) is 81.9 Å². The van der Waals surface area contributed by atoms with Gasteiger partial charge in [-0.1, -0.05) is 88.7 Å². The van der Waals surface area contributed by atoms with E-state index in [1.807, 2.05) is 24.3 Å². The highest BCUT2D eigenvalue weighted by Gasteiger charge is 2.46. The molecular weight excluding hydrogens is 496 g/mol. The number of hydrogen-bond donors (Lipinski definition) is 0. The van der Waals surface area contributed by atoms with Crippen molar-refractivity contribution in [3.63, 3.8) is 0 Å². The molecule has 0 bridgehead atoms. The Morgan fingerprint density at radius 3 is 1.91 bits per heavy atom. The molecule has 0 spiro atoms. The first-order valence-electron chi connectivity index (χ1n) is 11.5. The van der Waals surface area contributed by atoms with Gasteiger partial charge in [0.25, 0.3) is 0 Å². The van der Waals surface area contributed by atoms with Crippen molar-refractivity contribution in [2.45, 2.75) is 5.41 Å². The minimum atomic E-state index is -0.443. The SMILES string of the molecule is O=Cc1ccc(Oc2ccc(C3(c4ccccc4)c4ccccc4-c4ccc(Br)cc43)cc2)cc1. The summed E-state index contributed by atoms with van der Waals surface area (Å²) in [6, 6.07) is 41.5. The topological polar surface area (TPSA) is 26.3 Å². The molecule has 1 atom stereocenters. The highest BCUT2D eigenvalue weighted by molar-refractivity contribution is 9.10. The maximum Gasteiger partial charge on any atom is 0.150 e. The first-order chi connectivity index (χ1) is 17.2. The molecule has 0 heterocycles. The zero-order valence-electron chi connectivity index (χ0n) is 18.8. The number of ether oxygens (including phenoxy) is 1. The van der Waals surface area contributed by atoms with Crippen molar-refractivity contribution < 1.29 is 9.53 Å². The number of rotatable bonds is 5. The third kappa shape index (κ3) is 3.51. The van der Waals surface area contributed by atoms with Crippen molar-refractivity contribution in [3.8, 4) is 22.6 Å². The van der Waals surface area contributed by atoms with Crippen LogP contribution in [0, 0.1) is 0 Å². The van der Waals surface area contributed by atoms with Crippen molar-refractivity contribution in [3.05, 3.63) is 154 Å². The molecule has 5 aromatic carbocycles. The van der Waals surface area contributed by atoms with E-state index in [0.717, 1.165) is 16.5 Å². The predicted molar refractivity (Wildman–Crippen MR) is 143 cm³/mol. The van der Waals surface area contributed by atoms with E-state index in [9.17, 15) is 4.79 Å². The van der Waals surface area contributed by atoms with E-state index < -0.39 is 5.41 Å². The maximum absolute atomic E-state index is 10.9. The normalized spacial score (nSPS) is 15.8. The Hall–Kier alpha value is -3.95. The van der Waals surface area contributed by atoms with E-state index in [1.54, 1.807) is 12.1 Å². The van der Waals surface area contributed by atoms with Gasteiger partial charge < -0.3 is 4.74 Å². The number of halogens is 1. The number of carbonyl (C=O) groups excluding carboxylic acids is 1. The molecule has 6 rings (SSSR count). The minimum Gasteiger partial charge on any atom is -0.457 e. The van der Waals surface area contributed by atoms with Gasteiger partial charge in [-0.3, -0.25) is 4.79 Å². The van der Waals surface area contributed by atoms with Crippen molar-refractivity contribution in [1.29, 1.82) is 0 Å². The van der Waals surface area contributed by atoms with E-state index in [1.165, 1.54) is 33.4 Å². The molecule has 0 fully saturated rings. The van der Waals surface area contributed by atoms with E-state index in [2.05, 4.69) is 101 Å². The van der Waals surface area contributed by atoms with Crippen LogP contribution in [0.25, 0.3) is 11.1 Å². The number of carbonyl (C=O) groups is 1. The Morgan fingerprint density at radius 1 is 0.600 bits per heavy atom. The van der Waals surface area contributed by atoms with Gasteiger partial charge in [0.1, 0.15) is 17.8 Å². The van der Waals surface area contributed by atoms with Crippen LogP contribution in [0.15, 0.2) is 126 Å². The summed E-state index contributed by atoms with van der Waals surface area (Å²) in [7, 11) is 0. The lowest BCUT2D eigenvalue weighted by molar-refractivity contribution is 0.112. The second-order valence-corrected chi connectivity index (χ2v) is 9.58. The van der Waals surface area contributed by atoms with Crippen LogP contribution in [0.2, 0.25) is 0 Å². The minimum absolute atomic E-state index is 0.443. The first kappa shape index (κ1) is 21.6. The first-order valence-corrected chi connectivity index (χ1v) is 12.3. The lowest BCUT2D eigenvalue weighted by atomic mass is 9.68. The van der Waals surface area contributed by atoms with Crippen molar-refractivity contribution in [2.75, 3.05) is 0 Å². The molecule has 2 nitrogen and oxygen atoms in total. The van der Waals surface area contributed by atoms with Crippen molar-refractivity contribution >= 4 is 22.2 Å². The molecule has 0 amide bonds. The van der Waals surface area contributed by atoms with E-state index >= 15 is 0 Å². The molecule has 0 saturated carbocycles. The van der Waals surface area contributed by atoms with Gasteiger partial charge in [-0.2, -0.15) is 0 Å². The Labute approximate surface area is 213 Å². The second-order valence-electron chi connectivity index (χ2n) is 8.66. The van der Waals surface area contributed by atoms with E-state index in [-0.39, 0.29) is 0 Å². The molecule has 1 unspecified atom stereocenters. The van der Waals surface area contributed by atoms with Crippen LogP contribution >= 0.6 is 15.9 Å². The monoisotopic (exact) mass is 516 g/mol. The molecular formula is C32H21BrO2. The summed E-state index contributed by atoms with van der Waals surface area (Å²) in [4.78, 5) is 10.9. The third-order valence-corrected chi connectivity index (χ3v) is 7.25. The smallest absolute Gasteiger partial charge is 0.150 e. The van der Waals surface area contributed by atoms with Crippen molar-refractivity contribution in [2.24, 2.45) is 0 Å². The predicted octanol–water partition coefficient (Wildman–Crippen LogP) is 8.42. The fourth-order valence-electron chi connectivity index (χ4n) is 5.25. The number of fused-ring (bicyclic) bond motifs is 3. The lowest BCUT2D eigenvalue weighted by Crippen LogP contribution is -2.28. The fourth-order valence-corrected chi connectivity index (χ4v) is 5.61. The molecule has 0 radical (unpaired) electrons. The Morgan fingerprint density at radius 2 is 1.20 bits per heavy atom. The van der Waals surface area contributed by atoms with Gasteiger partial charge in [0.2, 0.25) is 0 Å². The van der Waals surface area contributed by atoms with Gasteiger partial charge in [-0.15, -0.1) is 0 Å². The summed E-state index contributed by atoms with van der Waals surface area (Å²) in [6.45, 7) is 0. The Balaban J connectivity index is 1.52. The average molecular weight is 517 g/mol. The van der Waals surface area contributed by atoms with Gasteiger partial charge in [-0.25, -0.2) is 0 Å². The highest BCUT2D eigenvalue weighted by Crippen LogP contribution is 2.56. The molecule has 0 aromatic heterocycles. The van der Waals surface area contributed by atoms with Crippen molar-refractivity contribution in [1.82, 2.24) is 0 Å². The molecule has 0 saturated heterocycles. The molecule has 0 N–H and O–H groups in total. The van der Waals surface area contributed by atoms with Crippen LogP contribution in [-0.4, -0.2) is 6.29 Å². The number of aldehydes is 1. The van der Waals surface area contributed by atoms with E-state index in [0.29, 0.717) is 11.3 Å². The molecule has 3 heteroatoms. The van der Waals surface area contributed by atoms with Gasteiger partial charge >= 0.3 is 0 Å². The Kier molecular flexibility index (Phi) is 5.35. The molecule has 1 aliphatic rings. The van der Waals surface area contributed by atoms with Crippen LogP contribution in [0.3, 0.4) is 0 Å². The summed E-state index contributed by atoms with van der Waals surface area (Å²) < 4.78 is 7.13. The summed E-state index contributed by atoms with van der Waals surface area (Å²) in [5.74, 6) is 1.44. The fraction of sp³-hybridized carbons (Fsp3) is 0.0312. The zero-order valence-corrected chi connectivity index (χ0v) is 20.4. The van der Waals surface area contributed by atoms with Gasteiger partial charge in [0.15, 0.2) is 0 Å². The standard InChI is InChI=1S/C32H21BrO2/c33-25-14-19-29-28-8-4-5-9-30(28)32(31(29)20-25,23-6-2-1-3-7-23)24-12-17-27(18-13-24)35-26-15-10-22(21-34)11-16-26/h1-21H. The molecule has 35 heavy (non-hydrogen) atoms. The molecule has 5 aromatic rings. The quantitative estimate of drug-likeness (QED) is 0.215. The summed E-state index contributed by atoms with van der Waals surface area (Å²) in [5.41, 5.74) is 7.63. The van der Waals surface area contributed by atoms with Crippen LogP contribution in [0.4, 0.5) is 0 Å². The molecule has 168 valence electrons. The largest absolute Gasteiger partial charge is 0.457 e. The molecule has 0 aliphatic heterocycles. The lowest BCUT2D eigenvalue weighted by Gasteiger charge is -2.34.